The number of hydrogen-bond acceptors (Lipinski definition) is 7. The highest BCUT2D eigenvalue weighted by Crippen LogP contribution is 2.39. The van der Waals surface area contributed by atoms with Gasteiger partial charge in [-0.15, -0.1) is 0 Å². The second-order valence-electron chi connectivity index (χ2n) is 10.4. The number of benzene rings is 2. The summed E-state index contributed by atoms with van der Waals surface area (Å²) >= 11 is 0. The predicted octanol–water partition coefficient (Wildman–Crippen LogP) is 5.84. The van der Waals surface area contributed by atoms with Crippen molar-refractivity contribution in [3.8, 4) is 28.6 Å². The van der Waals surface area contributed by atoms with Crippen molar-refractivity contribution in [2.24, 2.45) is 0 Å². The van der Waals surface area contributed by atoms with Crippen LogP contribution in [0.2, 0.25) is 0 Å². The molecule has 4 aromatic heterocycles. The number of fused-ring (bicyclic) bond motifs is 2. The molecule has 0 amide bonds. The van der Waals surface area contributed by atoms with Crippen LogP contribution in [0.3, 0.4) is 0 Å². The van der Waals surface area contributed by atoms with Crippen LogP contribution in [0.5, 0.6) is 5.75 Å². The van der Waals surface area contributed by atoms with E-state index in [1.807, 2.05) is 53.2 Å². The molecule has 9 nitrogen and oxygen atoms in total. The molecule has 0 saturated heterocycles. The lowest BCUT2D eigenvalue weighted by molar-refractivity contribution is 0.0972. The molecule has 0 spiro atoms. The Hall–Kier alpha value is -5.45. The maximum atomic E-state index is 14.1. The van der Waals surface area contributed by atoms with Gasteiger partial charge in [0.2, 0.25) is 5.82 Å². The number of aryl methyl sites for hydroxylation is 1. The molecule has 2 N–H and O–H groups in total. The number of ether oxygens (including phenoxy) is 1. The Morgan fingerprint density at radius 3 is 2.74 bits per heavy atom. The van der Waals surface area contributed by atoms with E-state index >= 15 is 0 Å². The summed E-state index contributed by atoms with van der Waals surface area (Å²) in [6.45, 7) is 0. The number of anilines is 1. The first-order valence-corrected chi connectivity index (χ1v) is 13.7. The molecule has 0 unspecified atom stereocenters. The summed E-state index contributed by atoms with van der Waals surface area (Å²) in [7, 11) is 1.24. The number of pyridine rings is 2. The quantitative estimate of drug-likeness (QED) is 0.237. The van der Waals surface area contributed by atoms with Crippen LogP contribution < -0.4 is 10.5 Å². The fourth-order valence-electron chi connectivity index (χ4n) is 5.77. The summed E-state index contributed by atoms with van der Waals surface area (Å²) in [6.07, 6.45) is 6.82. The molecule has 0 bridgehead atoms. The average molecular weight is 578 g/mol. The lowest BCUT2D eigenvalue weighted by atomic mass is 9.93. The Bertz CT molecular complexity index is 2020. The number of nitrogen functional groups attached to an aromatic ring is 1. The molecular formula is C32H25F2N7O2. The zero-order valence-electron chi connectivity index (χ0n) is 23.0. The molecule has 1 aliphatic carbocycles. The van der Waals surface area contributed by atoms with Crippen LogP contribution in [0, 0.1) is 11.6 Å². The Kier molecular flexibility index (Phi) is 6.42. The molecule has 4 heterocycles. The fourth-order valence-corrected chi connectivity index (χ4v) is 5.77. The third-order valence-corrected chi connectivity index (χ3v) is 7.86. The molecule has 214 valence electrons. The lowest BCUT2D eigenvalue weighted by Crippen LogP contribution is -2.08. The summed E-state index contributed by atoms with van der Waals surface area (Å²) in [5.41, 5.74) is 11.3. The van der Waals surface area contributed by atoms with Gasteiger partial charge in [-0.05, 0) is 84.5 Å². The van der Waals surface area contributed by atoms with Gasteiger partial charge in [0.15, 0.2) is 34.6 Å². The van der Waals surface area contributed by atoms with Crippen molar-refractivity contribution in [3.63, 3.8) is 0 Å². The second kappa shape index (κ2) is 10.4. The normalized spacial score (nSPS) is 14.3. The van der Waals surface area contributed by atoms with Crippen molar-refractivity contribution in [2.45, 2.75) is 25.2 Å². The van der Waals surface area contributed by atoms with Gasteiger partial charge in [-0.25, -0.2) is 24.0 Å². The van der Waals surface area contributed by atoms with Gasteiger partial charge in [0.1, 0.15) is 11.3 Å². The van der Waals surface area contributed by atoms with E-state index in [1.54, 1.807) is 17.1 Å². The van der Waals surface area contributed by atoms with Crippen molar-refractivity contribution < 1.29 is 18.3 Å². The van der Waals surface area contributed by atoms with Crippen molar-refractivity contribution in [1.82, 2.24) is 29.3 Å². The highest BCUT2D eigenvalue weighted by Gasteiger charge is 2.28. The number of halogens is 2. The standard InChI is InChI=1S/C32H25F2N7O2/c1-43-27-17-20(15-24(33)29(27)34)26(42)16-19-6-5-18-14-21(7-8-22(18)19)41-31(23-4-2-11-36-30(23)35)38-25-9-10-28(39-32(25)41)40-13-3-12-37-40/h2-4,7-15,17,19H,5-6,16H2,1H3,(H2,35,36)/t19-/m1/s1. The number of methoxy groups -OCH3 is 1. The lowest BCUT2D eigenvalue weighted by Gasteiger charge is -2.14. The molecule has 2 aromatic carbocycles. The first-order chi connectivity index (χ1) is 20.9. The minimum absolute atomic E-state index is 0.0619. The molecule has 0 radical (unpaired) electrons. The van der Waals surface area contributed by atoms with E-state index in [-0.39, 0.29) is 29.4 Å². The molecule has 11 heteroatoms. The SMILES string of the molecule is COc1cc(C(=O)C[C@H]2CCc3cc(-n4c(-c5cccnc5N)nc5ccc(-n6cccn6)nc54)ccc32)cc(F)c1F. The average Bonchev–Trinajstić information content (AvgIpc) is 3.77. The number of Topliss-reactive ketones (excluding diaryl/α,β-unsaturated/α-hetero) is 1. The third kappa shape index (κ3) is 4.58. The van der Waals surface area contributed by atoms with E-state index in [0.29, 0.717) is 34.2 Å². The van der Waals surface area contributed by atoms with Gasteiger partial charge in [-0.1, -0.05) is 6.07 Å². The predicted molar refractivity (Wildman–Crippen MR) is 157 cm³/mol. The Balaban J connectivity index is 1.28. The van der Waals surface area contributed by atoms with E-state index in [0.717, 1.165) is 35.7 Å². The van der Waals surface area contributed by atoms with Crippen LogP contribution >= 0.6 is 0 Å². The van der Waals surface area contributed by atoms with E-state index in [4.69, 9.17) is 20.4 Å². The van der Waals surface area contributed by atoms with Crippen molar-refractivity contribution >= 4 is 22.8 Å². The minimum Gasteiger partial charge on any atom is -0.494 e. The minimum atomic E-state index is -1.11. The van der Waals surface area contributed by atoms with E-state index < -0.39 is 11.6 Å². The number of aromatic nitrogens is 6. The number of carbonyl (C=O) groups excluding carboxylic acids is 1. The van der Waals surface area contributed by atoms with Gasteiger partial charge in [0.05, 0.1) is 12.7 Å². The molecule has 43 heavy (non-hydrogen) atoms. The van der Waals surface area contributed by atoms with Crippen LogP contribution in [0.15, 0.2) is 79.3 Å². The molecule has 7 rings (SSSR count). The number of nitrogens with two attached hydrogens (primary N) is 1. The third-order valence-electron chi connectivity index (χ3n) is 7.86. The zero-order valence-corrected chi connectivity index (χ0v) is 23.0. The summed E-state index contributed by atoms with van der Waals surface area (Å²) in [4.78, 5) is 27.2. The molecule has 6 aromatic rings. The second-order valence-corrected chi connectivity index (χ2v) is 10.4. The number of ketones is 1. The monoisotopic (exact) mass is 577 g/mol. The van der Waals surface area contributed by atoms with E-state index in [1.165, 1.54) is 13.2 Å². The number of nitrogens with zero attached hydrogens (tertiary/aromatic N) is 6. The van der Waals surface area contributed by atoms with Crippen LogP contribution in [0.4, 0.5) is 14.6 Å². The van der Waals surface area contributed by atoms with Crippen LogP contribution in [-0.4, -0.2) is 42.2 Å². The first kappa shape index (κ1) is 26.4. The molecule has 1 aliphatic rings. The van der Waals surface area contributed by atoms with Crippen molar-refractivity contribution in [1.29, 1.82) is 0 Å². The first-order valence-electron chi connectivity index (χ1n) is 13.7. The van der Waals surface area contributed by atoms with E-state index in [9.17, 15) is 13.6 Å². The zero-order chi connectivity index (χ0) is 29.7. The summed E-state index contributed by atoms with van der Waals surface area (Å²) in [5, 5.41) is 4.32. The highest BCUT2D eigenvalue weighted by molar-refractivity contribution is 5.97. The maximum absolute atomic E-state index is 14.1. The smallest absolute Gasteiger partial charge is 0.200 e. The molecule has 0 fully saturated rings. The molecular weight excluding hydrogens is 552 g/mol. The van der Waals surface area contributed by atoms with Gasteiger partial charge >= 0.3 is 0 Å². The summed E-state index contributed by atoms with van der Waals surface area (Å²) in [5.74, 6) is -1.26. The van der Waals surface area contributed by atoms with Gasteiger partial charge in [0.25, 0.3) is 0 Å². The molecule has 1 atom stereocenters. The number of hydrogen-bond donors (Lipinski definition) is 1. The van der Waals surface area contributed by atoms with Crippen LogP contribution in [-0.2, 0) is 6.42 Å². The summed E-state index contributed by atoms with van der Waals surface area (Å²) < 4.78 is 36.5. The maximum Gasteiger partial charge on any atom is 0.200 e. The van der Waals surface area contributed by atoms with Gasteiger partial charge < -0.3 is 10.5 Å². The van der Waals surface area contributed by atoms with Crippen LogP contribution in [0.25, 0.3) is 34.1 Å². The topological polar surface area (TPSA) is 114 Å². The van der Waals surface area contributed by atoms with E-state index in [2.05, 4.69) is 16.1 Å². The number of carbonyl (C=O) groups is 1. The Labute approximate surface area is 244 Å². The largest absolute Gasteiger partial charge is 0.494 e. The summed E-state index contributed by atoms with van der Waals surface area (Å²) in [6, 6.07) is 17.5. The Morgan fingerprint density at radius 1 is 1.07 bits per heavy atom. The van der Waals surface area contributed by atoms with Gasteiger partial charge in [-0.2, -0.15) is 9.49 Å². The van der Waals surface area contributed by atoms with Gasteiger partial charge in [0, 0.05) is 36.3 Å². The Morgan fingerprint density at radius 2 is 1.95 bits per heavy atom. The molecule has 0 saturated carbocycles. The number of rotatable bonds is 7. The van der Waals surface area contributed by atoms with Gasteiger partial charge in [-0.3, -0.25) is 9.36 Å². The number of imidazole rings is 1. The highest BCUT2D eigenvalue weighted by atomic mass is 19.2. The van der Waals surface area contributed by atoms with Crippen molar-refractivity contribution in [2.75, 3.05) is 12.8 Å². The van der Waals surface area contributed by atoms with Crippen molar-refractivity contribution in [3.05, 3.63) is 108 Å². The van der Waals surface area contributed by atoms with Crippen LogP contribution in [0.1, 0.15) is 40.2 Å². The molecule has 0 aliphatic heterocycles. The fraction of sp³-hybridized carbons (Fsp3) is 0.156.